The zero-order valence-electron chi connectivity index (χ0n) is 8.51. The van der Waals surface area contributed by atoms with Gasteiger partial charge in [-0.3, -0.25) is 0 Å². The van der Waals surface area contributed by atoms with E-state index in [9.17, 15) is 0 Å². The fourth-order valence-corrected chi connectivity index (χ4v) is 2.64. The number of benzene rings is 1. The van der Waals surface area contributed by atoms with Crippen molar-refractivity contribution in [1.29, 1.82) is 0 Å². The Labute approximate surface area is 110 Å². The molecule has 0 fully saturated rings. The highest BCUT2D eigenvalue weighted by Gasteiger charge is 2.07. The van der Waals surface area contributed by atoms with Crippen molar-refractivity contribution in [3.8, 4) is 11.3 Å². The molecular weight excluding hydrogens is 333 g/mol. The molecule has 2 heterocycles. The second kappa shape index (κ2) is 3.81. The van der Waals surface area contributed by atoms with E-state index in [1.807, 2.05) is 17.6 Å². The van der Waals surface area contributed by atoms with E-state index in [4.69, 9.17) is 0 Å². The van der Waals surface area contributed by atoms with Crippen LogP contribution in [0.5, 0.6) is 0 Å². The van der Waals surface area contributed by atoms with Gasteiger partial charge in [-0.25, -0.2) is 9.50 Å². The predicted octanol–water partition coefficient (Wildman–Crippen LogP) is 3.37. The molecule has 0 unspecified atom stereocenters. The zero-order valence-corrected chi connectivity index (χ0v) is 11.5. The molecule has 0 atom stereocenters. The normalized spacial score (nSPS) is 11.1. The van der Waals surface area contributed by atoms with E-state index in [-0.39, 0.29) is 0 Å². The number of fused-ring (bicyclic) bond motifs is 1. The number of hydrogen-bond donors (Lipinski definition) is 0. The molecule has 3 rings (SSSR count). The highest BCUT2D eigenvalue weighted by atomic mass is 127. The summed E-state index contributed by atoms with van der Waals surface area (Å²) in [5.41, 5.74) is 2.12. The Morgan fingerprint density at radius 3 is 2.69 bits per heavy atom. The van der Waals surface area contributed by atoms with Crippen molar-refractivity contribution in [2.45, 2.75) is 6.92 Å². The molecule has 0 saturated heterocycles. The van der Waals surface area contributed by atoms with Crippen LogP contribution in [0.1, 0.15) is 5.01 Å². The van der Waals surface area contributed by atoms with Crippen LogP contribution in [0, 0.1) is 10.5 Å². The summed E-state index contributed by atoms with van der Waals surface area (Å²) in [6, 6.07) is 8.34. The van der Waals surface area contributed by atoms with E-state index < -0.39 is 0 Å². The topological polar surface area (TPSA) is 30.2 Å². The van der Waals surface area contributed by atoms with E-state index in [2.05, 4.69) is 56.9 Å². The van der Waals surface area contributed by atoms with Gasteiger partial charge in [-0.05, 0) is 41.6 Å². The van der Waals surface area contributed by atoms with Gasteiger partial charge in [0.25, 0.3) is 0 Å². The van der Waals surface area contributed by atoms with Crippen LogP contribution in [0.15, 0.2) is 30.5 Å². The lowest BCUT2D eigenvalue weighted by Gasteiger charge is -1.95. The standard InChI is InChI=1S/C11H8IN3S/c1-7-14-15-6-10(13-11(15)16-7)8-2-4-9(12)5-3-8/h2-6H,1H3. The van der Waals surface area contributed by atoms with Crippen molar-refractivity contribution in [1.82, 2.24) is 14.6 Å². The third-order valence-electron chi connectivity index (χ3n) is 2.28. The number of nitrogens with zero attached hydrogens (tertiary/aromatic N) is 3. The third-order valence-corrected chi connectivity index (χ3v) is 3.84. The number of rotatable bonds is 1. The highest BCUT2D eigenvalue weighted by molar-refractivity contribution is 14.1. The third kappa shape index (κ3) is 1.73. The lowest BCUT2D eigenvalue weighted by atomic mass is 10.2. The molecule has 16 heavy (non-hydrogen) atoms. The molecule has 0 N–H and O–H groups in total. The van der Waals surface area contributed by atoms with Gasteiger partial charge < -0.3 is 0 Å². The monoisotopic (exact) mass is 341 g/mol. The fourth-order valence-electron chi connectivity index (χ4n) is 1.56. The zero-order chi connectivity index (χ0) is 11.1. The van der Waals surface area contributed by atoms with Crippen LogP contribution in [0.3, 0.4) is 0 Å². The second-order valence-electron chi connectivity index (χ2n) is 3.48. The van der Waals surface area contributed by atoms with Gasteiger partial charge in [-0.1, -0.05) is 23.5 Å². The summed E-state index contributed by atoms with van der Waals surface area (Å²) in [4.78, 5) is 5.50. The van der Waals surface area contributed by atoms with Crippen molar-refractivity contribution < 1.29 is 0 Å². The summed E-state index contributed by atoms with van der Waals surface area (Å²) in [5.74, 6) is 0. The van der Waals surface area contributed by atoms with Gasteiger partial charge in [0.1, 0.15) is 5.01 Å². The summed E-state index contributed by atoms with van der Waals surface area (Å²) in [7, 11) is 0. The van der Waals surface area contributed by atoms with Crippen molar-refractivity contribution in [3.05, 3.63) is 39.0 Å². The van der Waals surface area contributed by atoms with Crippen LogP contribution in [-0.2, 0) is 0 Å². The first-order valence-electron chi connectivity index (χ1n) is 4.81. The molecule has 80 valence electrons. The van der Waals surface area contributed by atoms with Gasteiger partial charge in [0.2, 0.25) is 4.96 Å². The van der Waals surface area contributed by atoms with Crippen LogP contribution in [0.2, 0.25) is 0 Å². The largest absolute Gasteiger partial charge is 0.217 e. The number of imidazole rings is 1. The predicted molar refractivity (Wildman–Crippen MR) is 73.8 cm³/mol. The van der Waals surface area contributed by atoms with Crippen LogP contribution in [-0.4, -0.2) is 14.6 Å². The van der Waals surface area contributed by atoms with Gasteiger partial charge >= 0.3 is 0 Å². The van der Waals surface area contributed by atoms with Gasteiger partial charge in [0, 0.05) is 9.13 Å². The summed E-state index contributed by atoms with van der Waals surface area (Å²) in [6.45, 7) is 1.99. The van der Waals surface area contributed by atoms with Gasteiger partial charge in [-0.2, -0.15) is 5.10 Å². The van der Waals surface area contributed by atoms with Crippen molar-refractivity contribution >= 4 is 38.9 Å². The smallest absolute Gasteiger partial charge is 0.212 e. The summed E-state index contributed by atoms with van der Waals surface area (Å²) in [5, 5.41) is 5.39. The van der Waals surface area contributed by atoms with Crippen molar-refractivity contribution in [3.63, 3.8) is 0 Å². The molecule has 0 aliphatic heterocycles. The maximum absolute atomic E-state index is 4.55. The summed E-state index contributed by atoms with van der Waals surface area (Å²) >= 11 is 3.91. The molecule has 0 spiro atoms. The van der Waals surface area contributed by atoms with Crippen LogP contribution >= 0.6 is 33.9 Å². The van der Waals surface area contributed by atoms with E-state index in [0.29, 0.717) is 0 Å². The average molecular weight is 341 g/mol. The van der Waals surface area contributed by atoms with Crippen LogP contribution in [0.4, 0.5) is 0 Å². The van der Waals surface area contributed by atoms with Crippen LogP contribution < -0.4 is 0 Å². The van der Waals surface area contributed by atoms with E-state index in [0.717, 1.165) is 21.2 Å². The molecule has 0 bridgehead atoms. The Hall–Kier alpha value is -0.950. The SMILES string of the molecule is Cc1nn2cc(-c3ccc(I)cc3)nc2s1. The Kier molecular flexibility index (Phi) is 2.44. The first kappa shape index (κ1) is 10.2. The lowest BCUT2D eigenvalue weighted by Crippen LogP contribution is -1.80. The Morgan fingerprint density at radius 2 is 2.00 bits per heavy atom. The summed E-state index contributed by atoms with van der Waals surface area (Å²) < 4.78 is 3.07. The Balaban J connectivity index is 2.11. The molecule has 0 radical (unpaired) electrons. The van der Waals surface area contributed by atoms with E-state index in [1.165, 1.54) is 3.57 Å². The fraction of sp³-hybridized carbons (Fsp3) is 0.0909. The van der Waals surface area contributed by atoms with Gasteiger partial charge in [0.05, 0.1) is 11.9 Å². The quantitative estimate of drug-likeness (QED) is 0.636. The molecule has 2 aromatic heterocycles. The van der Waals surface area contributed by atoms with Crippen LogP contribution in [0.25, 0.3) is 16.2 Å². The molecular formula is C11H8IN3S. The summed E-state index contributed by atoms with van der Waals surface area (Å²) in [6.07, 6.45) is 1.97. The minimum atomic E-state index is 0.950. The van der Waals surface area contributed by atoms with Crippen molar-refractivity contribution in [2.75, 3.05) is 0 Å². The van der Waals surface area contributed by atoms with E-state index >= 15 is 0 Å². The number of halogens is 1. The lowest BCUT2D eigenvalue weighted by molar-refractivity contribution is 0.946. The molecule has 1 aromatic carbocycles. The van der Waals surface area contributed by atoms with Gasteiger partial charge in [-0.15, -0.1) is 0 Å². The number of hydrogen-bond acceptors (Lipinski definition) is 3. The molecule has 3 nitrogen and oxygen atoms in total. The molecule has 0 aliphatic rings. The molecule has 0 aliphatic carbocycles. The average Bonchev–Trinajstić information content (AvgIpc) is 2.75. The Bertz CT molecular complexity index is 607. The van der Waals surface area contributed by atoms with Gasteiger partial charge in [0.15, 0.2) is 0 Å². The molecule has 0 saturated carbocycles. The molecule has 5 heteroatoms. The minimum Gasteiger partial charge on any atom is -0.217 e. The number of aryl methyl sites for hydroxylation is 1. The van der Waals surface area contributed by atoms with Crippen molar-refractivity contribution in [2.24, 2.45) is 0 Å². The maximum atomic E-state index is 4.55. The minimum absolute atomic E-state index is 0.950. The first-order valence-corrected chi connectivity index (χ1v) is 6.71. The highest BCUT2D eigenvalue weighted by Crippen LogP contribution is 2.22. The Morgan fingerprint density at radius 1 is 1.25 bits per heavy atom. The number of aromatic nitrogens is 3. The first-order chi connectivity index (χ1) is 7.72. The molecule has 3 aromatic rings. The second-order valence-corrected chi connectivity index (χ2v) is 5.89. The maximum Gasteiger partial charge on any atom is 0.212 e. The molecule has 0 amide bonds. The van der Waals surface area contributed by atoms with E-state index in [1.54, 1.807) is 11.3 Å².